The first kappa shape index (κ1) is 15.3. The van der Waals surface area contributed by atoms with E-state index in [-0.39, 0.29) is 6.04 Å². The van der Waals surface area contributed by atoms with Gasteiger partial charge in [-0.15, -0.1) is 0 Å². The third kappa shape index (κ3) is 4.45. The zero-order valence-electron chi connectivity index (χ0n) is 10.1. The van der Waals surface area contributed by atoms with E-state index in [9.17, 15) is 0 Å². The Morgan fingerprint density at radius 1 is 1.53 bits per heavy atom. The molecule has 0 saturated carbocycles. The van der Waals surface area contributed by atoms with Gasteiger partial charge in [-0.05, 0) is 46.9 Å². The molecule has 1 atom stereocenters. The molecular formula is C12H18BrClN2S. The number of nitrogens with zero attached hydrogens (tertiary/aromatic N) is 1. The van der Waals surface area contributed by atoms with E-state index in [2.05, 4.69) is 40.2 Å². The van der Waals surface area contributed by atoms with Crippen LogP contribution in [-0.2, 0) is 0 Å². The minimum absolute atomic E-state index is 0.246. The number of nitrogens with two attached hydrogens (primary N) is 1. The Hall–Kier alpha value is 0.260. The number of benzene rings is 1. The topological polar surface area (TPSA) is 29.3 Å². The van der Waals surface area contributed by atoms with Crippen molar-refractivity contribution in [1.82, 2.24) is 4.90 Å². The Labute approximate surface area is 121 Å². The highest BCUT2D eigenvalue weighted by atomic mass is 79.9. The van der Waals surface area contributed by atoms with E-state index < -0.39 is 0 Å². The molecule has 0 fully saturated rings. The number of halogens is 2. The number of hydrogen-bond donors (Lipinski definition) is 1. The van der Waals surface area contributed by atoms with E-state index in [4.69, 9.17) is 17.3 Å². The van der Waals surface area contributed by atoms with Crippen LogP contribution in [0.3, 0.4) is 0 Å². The average molecular weight is 338 g/mol. The first-order valence-corrected chi connectivity index (χ1v) is 8.00. The first-order valence-electron chi connectivity index (χ1n) is 5.44. The molecule has 0 amide bonds. The summed E-state index contributed by atoms with van der Waals surface area (Å²) in [6.45, 7) is 1.64. The summed E-state index contributed by atoms with van der Waals surface area (Å²) in [5, 5.41) is 0.733. The predicted molar refractivity (Wildman–Crippen MR) is 82.0 cm³/mol. The summed E-state index contributed by atoms with van der Waals surface area (Å²) in [5.41, 5.74) is 7.07. The van der Waals surface area contributed by atoms with E-state index in [1.54, 1.807) is 0 Å². The summed E-state index contributed by atoms with van der Waals surface area (Å²) in [6, 6.07) is 6.25. The van der Waals surface area contributed by atoms with Gasteiger partial charge in [0.1, 0.15) is 0 Å². The molecule has 0 bridgehead atoms. The molecule has 5 heteroatoms. The molecule has 2 N–H and O–H groups in total. The standard InChI is InChI=1S/C12H18BrClN2S/c1-16(5-6-17-2)12(8-15)9-3-4-11(14)10(13)7-9/h3-4,7,12H,5-6,8,15H2,1-2H3. The first-order chi connectivity index (χ1) is 8.10. The van der Waals surface area contributed by atoms with Crippen molar-refractivity contribution in [3.8, 4) is 0 Å². The maximum atomic E-state index is 6.00. The summed E-state index contributed by atoms with van der Waals surface area (Å²) in [6.07, 6.45) is 2.12. The molecule has 1 aromatic carbocycles. The highest BCUT2D eigenvalue weighted by Gasteiger charge is 2.15. The van der Waals surface area contributed by atoms with Gasteiger partial charge in [-0.25, -0.2) is 0 Å². The van der Waals surface area contributed by atoms with Crippen LogP contribution in [0.1, 0.15) is 11.6 Å². The van der Waals surface area contributed by atoms with Crippen LogP contribution < -0.4 is 5.73 Å². The predicted octanol–water partition coefficient (Wildman–Crippen LogP) is 3.40. The van der Waals surface area contributed by atoms with Gasteiger partial charge in [-0.3, -0.25) is 4.90 Å². The SMILES string of the molecule is CSCCN(C)C(CN)c1ccc(Cl)c(Br)c1. The third-order valence-electron chi connectivity index (χ3n) is 2.73. The van der Waals surface area contributed by atoms with Gasteiger partial charge in [-0.1, -0.05) is 17.7 Å². The van der Waals surface area contributed by atoms with E-state index in [1.165, 1.54) is 5.56 Å². The molecule has 1 rings (SSSR count). The van der Waals surface area contributed by atoms with Crippen LogP contribution in [-0.4, -0.2) is 37.0 Å². The molecule has 0 heterocycles. The van der Waals surface area contributed by atoms with Gasteiger partial charge in [0.05, 0.1) is 5.02 Å². The molecule has 0 aromatic heterocycles. The van der Waals surface area contributed by atoms with Crippen molar-refractivity contribution in [2.75, 3.05) is 32.1 Å². The van der Waals surface area contributed by atoms with Crippen molar-refractivity contribution in [3.05, 3.63) is 33.3 Å². The van der Waals surface area contributed by atoms with Crippen molar-refractivity contribution >= 4 is 39.3 Å². The Bertz CT molecular complexity index is 362. The molecule has 0 saturated heterocycles. The lowest BCUT2D eigenvalue weighted by Gasteiger charge is -2.27. The van der Waals surface area contributed by atoms with Gasteiger partial charge in [0, 0.05) is 29.4 Å². The summed E-state index contributed by atoms with van der Waals surface area (Å²) < 4.78 is 0.924. The molecular weight excluding hydrogens is 320 g/mol. The zero-order chi connectivity index (χ0) is 12.8. The Morgan fingerprint density at radius 2 is 2.24 bits per heavy atom. The molecule has 0 spiro atoms. The summed E-state index contributed by atoms with van der Waals surface area (Å²) in [4.78, 5) is 2.28. The van der Waals surface area contributed by atoms with Crippen LogP contribution in [0.2, 0.25) is 5.02 Å². The van der Waals surface area contributed by atoms with Crippen molar-refractivity contribution in [2.24, 2.45) is 5.73 Å². The molecule has 0 radical (unpaired) electrons. The van der Waals surface area contributed by atoms with Gasteiger partial charge >= 0.3 is 0 Å². The van der Waals surface area contributed by atoms with Crippen LogP contribution >= 0.6 is 39.3 Å². The molecule has 0 aliphatic carbocycles. The van der Waals surface area contributed by atoms with Gasteiger partial charge < -0.3 is 5.73 Å². The van der Waals surface area contributed by atoms with E-state index in [0.717, 1.165) is 21.8 Å². The third-order valence-corrected chi connectivity index (χ3v) is 4.54. The molecule has 1 aromatic rings. The number of likely N-dealkylation sites (N-methyl/N-ethyl adjacent to an activating group) is 1. The summed E-state index contributed by atoms with van der Waals surface area (Å²) >= 11 is 11.3. The molecule has 17 heavy (non-hydrogen) atoms. The van der Waals surface area contributed by atoms with E-state index in [1.807, 2.05) is 23.9 Å². The van der Waals surface area contributed by atoms with Gasteiger partial charge in [0.2, 0.25) is 0 Å². The fraction of sp³-hybridized carbons (Fsp3) is 0.500. The quantitative estimate of drug-likeness (QED) is 0.862. The highest BCUT2D eigenvalue weighted by molar-refractivity contribution is 9.10. The van der Waals surface area contributed by atoms with Crippen molar-refractivity contribution < 1.29 is 0 Å². The zero-order valence-corrected chi connectivity index (χ0v) is 13.3. The fourth-order valence-corrected chi connectivity index (χ4v) is 2.67. The Kier molecular flexibility index (Phi) is 6.89. The maximum Gasteiger partial charge on any atom is 0.0548 e. The normalized spacial score (nSPS) is 13.1. The number of hydrogen-bond acceptors (Lipinski definition) is 3. The Morgan fingerprint density at radius 3 is 2.76 bits per heavy atom. The molecule has 1 unspecified atom stereocenters. The molecule has 2 nitrogen and oxygen atoms in total. The van der Waals surface area contributed by atoms with Crippen LogP contribution in [0.4, 0.5) is 0 Å². The number of thioether (sulfide) groups is 1. The lowest BCUT2D eigenvalue weighted by Crippen LogP contribution is -2.32. The summed E-state index contributed by atoms with van der Waals surface area (Å²) in [5.74, 6) is 1.11. The molecule has 0 aliphatic rings. The van der Waals surface area contributed by atoms with E-state index >= 15 is 0 Å². The minimum atomic E-state index is 0.246. The highest BCUT2D eigenvalue weighted by Crippen LogP contribution is 2.27. The second-order valence-corrected chi connectivity index (χ2v) is 6.15. The van der Waals surface area contributed by atoms with Crippen molar-refractivity contribution in [2.45, 2.75) is 6.04 Å². The minimum Gasteiger partial charge on any atom is -0.329 e. The van der Waals surface area contributed by atoms with Gasteiger partial charge in [0.15, 0.2) is 0 Å². The second-order valence-electron chi connectivity index (χ2n) is 3.90. The number of rotatable bonds is 6. The van der Waals surface area contributed by atoms with E-state index in [0.29, 0.717) is 6.54 Å². The maximum absolute atomic E-state index is 6.00. The summed E-state index contributed by atoms with van der Waals surface area (Å²) in [7, 11) is 2.11. The fourth-order valence-electron chi connectivity index (χ4n) is 1.68. The second kappa shape index (κ2) is 7.64. The van der Waals surface area contributed by atoms with Crippen LogP contribution in [0.15, 0.2) is 22.7 Å². The lowest BCUT2D eigenvalue weighted by molar-refractivity contribution is 0.265. The van der Waals surface area contributed by atoms with Gasteiger partial charge in [-0.2, -0.15) is 11.8 Å². The lowest BCUT2D eigenvalue weighted by atomic mass is 10.1. The van der Waals surface area contributed by atoms with Crippen LogP contribution in [0.25, 0.3) is 0 Å². The smallest absolute Gasteiger partial charge is 0.0548 e. The van der Waals surface area contributed by atoms with Crippen molar-refractivity contribution in [3.63, 3.8) is 0 Å². The largest absolute Gasteiger partial charge is 0.329 e. The van der Waals surface area contributed by atoms with Gasteiger partial charge in [0.25, 0.3) is 0 Å². The van der Waals surface area contributed by atoms with Crippen LogP contribution in [0, 0.1) is 0 Å². The Balaban J connectivity index is 2.81. The van der Waals surface area contributed by atoms with Crippen LogP contribution in [0.5, 0.6) is 0 Å². The van der Waals surface area contributed by atoms with Crippen molar-refractivity contribution in [1.29, 1.82) is 0 Å². The average Bonchev–Trinajstić information content (AvgIpc) is 2.32. The molecule has 0 aliphatic heterocycles. The monoisotopic (exact) mass is 336 g/mol. The molecule has 96 valence electrons.